The molecule has 0 atom stereocenters. The first-order valence-electron chi connectivity index (χ1n) is 8.34. The van der Waals surface area contributed by atoms with Crippen LogP contribution in [0.1, 0.15) is 25.5 Å². The molecule has 0 radical (unpaired) electrons. The molecule has 1 aliphatic rings. The van der Waals surface area contributed by atoms with E-state index in [9.17, 15) is 4.79 Å². The van der Waals surface area contributed by atoms with Gasteiger partial charge in [0, 0.05) is 23.2 Å². The maximum Gasteiger partial charge on any atom is 0.263 e. The molecule has 0 aliphatic heterocycles. The number of fused-ring (bicyclic) bond motifs is 1. The minimum absolute atomic E-state index is 0.0346. The number of hydrogen-bond acceptors (Lipinski definition) is 2. The second kappa shape index (κ2) is 5.96. The molecule has 2 aromatic heterocycles. The van der Waals surface area contributed by atoms with Gasteiger partial charge in [0.1, 0.15) is 0 Å². The fourth-order valence-corrected chi connectivity index (χ4v) is 3.35. The van der Waals surface area contributed by atoms with Crippen LogP contribution in [0.2, 0.25) is 0 Å². The van der Waals surface area contributed by atoms with E-state index >= 15 is 0 Å². The maximum atomic E-state index is 13.4. The van der Waals surface area contributed by atoms with Gasteiger partial charge in [-0.05, 0) is 42.9 Å². The Hall–Kier alpha value is -2.88. The largest absolute Gasteiger partial charge is 0.281 e. The Kier molecular flexibility index (Phi) is 3.65. The second-order valence-electron chi connectivity index (χ2n) is 5.98. The summed E-state index contributed by atoms with van der Waals surface area (Å²) in [5.41, 5.74) is 3.80. The third kappa shape index (κ3) is 2.31. The molecule has 0 saturated heterocycles. The molecule has 3 aromatic rings. The van der Waals surface area contributed by atoms with Crippen molar-refractivity contribution in [2.24, 2.45) is 0 Å². The van der Waals surface area contributed by atoms with Gasteiger partial charge in [0.05, 0.1) is 11.1 Å². The summed E-state index contributed by atoms with van der Waals surface area (Å²) in [6, 6.07) is 9.98. The van der Waals surface area contributed by atoms with Crippen LogP contribution in [-0.4, -0.2) is 14.8 Å². The Balaban J connectivity index is 2.08. The average Bonchev–Trinajstić information content (AvgIpc) is 3.16. The molecule has 0 unspecified atom stereocenters. The van der Waals surface area contributed by atoms with Crippen molar-refractivity contribution in [1.29, 1.82) is 0 Å². The summed E-state index contributed by atoms with van der Waals surface area (Å²) in [4.78, 5) is 13.4. The Morgan fingerprint density at radius 3 is 2.88 bits per heavy atom. The third-order valence-electron chi connectivity index (χ3n) is 4.51. The van der Waals surface area contributed by atoms with Crippen molar-refractivity contribution < 1.29 is 0 Å². The van der Waals surface area contributed by atoms with Gasteiger partial charge in [-0.25, -0.2) is 0 Å². The lowest BCUT2D eigenvalue weighted by atomic mass is 10.0. The molecule has 1 N–H and O–H groups in total. The minimum Gasteiger partial charge on any atom is -0.281 e. The van der Waals surface area contributed by atoms with Crippen molar-refractivity contribution in [3.8, 4) is 11.3 Å². The Bertz CT molecular complexity index is 1010. The number of benzene rings is 1. The number of aryl methyl sites for hydroxylation is 1. The van der Waals surface area contributed by atoms with Crippen molar-refractivity contribution >= 4 is 16.5 Å². The minimum atomic E-state index is 0.0346. The highest BCUT2D eigenvalue weighted by Gasteiger charge is 2.15. The van der Waals surface area contributed by atoms with Gasteiger partial charge in [-0.3, -0.25) is 14.5 Å². The van der Waals surface area contributed by atoms with E-state index in [1.807, 2.05) is 28.8 Å². The van der Waals surface area contributed by atoms with Crippen molar-refractivity contribution in [3.05, 3.63) is 70.8 Å². The molecular weight excluding hydrogens is 298 g/mol. The number of rotatable bonds is 3. The number of nitrogens with zero attached hydrogens (tertiary/aromatic N) is 2. The van der Waals surface area contributed by atoms with Crippen molar-refractivity contribution in [2.45, 2.75) is 26.2 Å². The van der Waals surface area contributed by atoms with E-state index in [1.54, 1.807) is 6.20 Å². The van der Waals surface area contributed by atoms with E-state index in [-0.39, 0.29) is 5.56 Å². The molecule has 4 rings (SSSR count). The summed E-state index contributed by atoms with van der Waals surface area (Å²) in [7, 11) is 0. The van der Waals surface area contributed by atoms with E-state index in [4.69, 9.17) is 0 Å². The molecule has 1 aromatic carbocycles. The summed E-state index contributed by atoms with van der Waals surface area (Å²) < 4.78 is 1.86. The molecule has 0 fully saturated rings. The molecule has 1 aliphatic carbocycles. The summed E-state index contributed by atoms with van der Waals surface area (Å²) in [5.74, 6) is 0. The highest BCUT2D eigenvalue weighted by atomic mass is 16.1. The van der Waals surface area contributed by atoms with Crippen LogP contribution < -0.4 is 5.56 Å². The van der Waals surface area contributed by atoms with E-state index < -0.39 is 0 Å². The quantitative estimate of drug-likeness (QED) is 0.789. The normalized spacial score (nSPS) is 14.1. The monoisotopic (exact) mass is 317 g/mol. The molecular formula is C20H19N3O. The first kappa shape index (κ1) is 14.7. The fraction of sp³-hybridized carbons (Fsp3) is 0.200. The lowest BCUT2D eigenvalue weighted by Gasteiger charge is -2.17. The summed E-state index contributed by atoms with van der Waals surface area (Å²) >= 11 is 0. The number of hydrogen-bond donors (Lipinski definition) is 1. The molecule has 120 valence electrons. The van der Waals surface area contributed by atoms with Crippen LogP contribution >= 0.6 is 0 Å². The molecule has 0 spiro atoms. The maximum absolute atomic E-state index is 13.4. The smallest absolute Gasteiger partial charge is 0.263 e. The SMILES string of the molecule is CCc1cc2cccc(-c3ccn[nH]3)c2c(=O)n1C1=CCCC=C1. The molecule has 0 amide bonds. The van der Waals surface area contributed by atoms with Crippen LogP contribution in [0.4, 0.5) is 0 Å². The lowest BCUT2D eigenvalue weighted by Crippen LogP contribution is -2.23. The molecule has 2 heterocycles. The van der Waals surface area contributed by atoms with Crippen molar-refractivity contribution in [3.63, 3.8) is 0 Å². The molecule has 0 saturated carbocycles. The Morgan fingerprint density at radius 1 is 1.25 bits per heavy atom. The summed E-state index contributed by atoms with van der Waals surface area (Å²) in [6.45, 7) is 2.09. The highest BCUT2D eigenvalue weighted by molar-refractivity contribution is 5.96. The van der Waals surface area contributed by atoms with E-state index in [1.165, 1.54) is 0 Å². The predicted octanol–water partition coefficient (Wildman–Crippen LogP) is 4.14. The van der Waals surface area contributed by atoms with Crippen LogP contribution in [0.3, 0.4) is 0 Å². The number of allylic oxidation sites excluding steroid dienone is 4. The average molecular weight is 317 g/mol. The first-order valence-corrected chi connectivity index (χ1v) is 8.34. The molecule has 4 heteroatoms. The van der Waals surface area contributed by atoms with Gasteiger partial charge >= 0.3 is 0 Å². The number of pyridine rings is 1. The Morgan fingerprint density at radius 2 is 2.17 bits per heavy atom. The van der Waals surface area contributed by atoms with Gasteiger partial charge in [-0.15, -0.1) is 0 Å². The van der Waals surface area contributed by atoms with Gasteiger partial charge in [0.2, 0.25) is 0 Å². The molecule has 0 bridgehead atoms. The van der Waals surface area contributed by atoms with Gasteiger partial charge in [0.15, 0.2) is 0 Å². The standard InChI is InChI=1S/C20H19N3O/c1-2-15-13-14-7-6-10-17(18-11-12-21-22-18)19(14)20(24)23(15)16-8-4-3-5-9-16/h4,6-13H,2-3,5H2,1H3,(H,21,22). The van der Waals surface area contributed by atoms with Gasteiger partial charge < -0.3 is 0 Å². The zero-order valence-electron chi connectivity index (χ0n) is 13.6. The van der Waals surface area contributed by atoms with Gasteiger partial charge in [-0.1, -0.05) is 37.3 Å². The molecule has 4 nitrogen and oxygen atoms in total. The summed E-state index contributed by atoms with van der Waals surface area (Å²) in [6.07, 6.45) is 10.9. The third-order valence-corrected chi connectivity index (χ3v) is 4.51. The van der Waals surface area contributed by atoms with Crippen LogP contribution in [0, 0.1) is 0 Å². The van der Waals surface area contributed by atoms with Crippen LogP contribution in [-0.2, 0) is 6.42 Å². The van der Waals surface area contributed by atoms with Crippen molar-refractivity contribution in [2.75, 3.05) is 0 Å². The van der Waals surface area contributed by atoms with Crippen LogP contribution in [0.5, 0.6) is 0 Å². The second-order valence-corrected chi connectivity index (χ2v) is 5.98. The van der Waals surface area contributed by atoms with Gasteiger partial charge in [-0.2, -0.15) is 5.10 Å². The van der Waals surface area contributed by atoms with Crippen LogP contribution in [0.15, 0.2) is 59.6 Å². The highest BCUT2D eigenvalue weighted by Crippen LogP contribution is 2.27. The number of aromatic nitrogens is 3. The zero-order valence-corrected chi connectivity index (χ0v) is 13.6. The number of H-pyrrole nitrogens is 1. The summed E-state index contributed by atoms with van der Waals surface area (Å²) in [5, 5.41) is 8.71. The van der Waals surface area contributed by atoms with Crippen LogP contribution in [0.25, 0.3) is 27.7 Å². The van der Waals surface area contributed by atoms with Gasteiger partial charge in [0.25, 0.3) is 5.56 Å². The lowest BCUT2D eigenvalue weighted by molar-refractivity contribution is 0.895. The van der Waals surface area contributed by atoms with E-state index in [0.29, 0.717) is 0 Å². The first-order chi connectivity index (χ1) is 11.8. The fourth-order valence-electron chi connectivity index (χ4n) is 3.35. The predicted molar refractivity (Wildman–Crippen MR) is 97.8 cm³/mol. The molecule has 24 heavy (non-hydrogen) atoms. The van der Waals surface area contributed by atoms with Crippen molar-refractivity contribution in [1.82, 2.24) is 14.8 Å². The number of nitrogens with one attached hydrogen (secondary N) is 1. The number of aromatic amines is 1. The van der Waals surface area contributed by atoms with E-state index in [0.717, 1.165) is 52.7 Å². The Labute approximate surface area is 140 Å². The van der Waals surface area contributed by atoms with E-state index in [2.05, 4.69) is 41.4 Å². The zero-order chi connectivity index (χ0) is 16.5. The topological polar surface area (TPSA) is 50.7 Å².